The molecule has 0 atom stereocenters. The molecule has 0 saturated heterocycles. The molecule has 0 fully saturated rings. The SMILES string of the molecule is CCOC(=O)c1c(Br)c2sc(CO)cn2c1C=O. The fourth-order valence-corrected chi connectivity index (χ4v) is 3.37. The summed E-state index contributed by atoms with van der Waals surface area (Å²) in [6.45, 7) is 1.84. The van der Waals surface area contributed by atoms with E-state index in [4.69, 9.17) is 9.84 Å². The lowest BCUT2D eigenvalue weighted by molar-refractivity contribution is 0.0523. The van der Waals surface area contributed by atoms with Crippen molar-refractivity contribution < 1.29 is 19.4 Å². The van der Waals surface area contributed by atoms with Gasteiger partial charge in [0.2, 0.25) is 0 Å². The maximum absolute atomic E-state index is 11.8. The number of esters is 1. The number of halogens is 1. The molecule has 0 amide bonds. The Labute approximate surface area is 115 Å². The van der Waals surface area contributed by atoms with Crippen molar-refractivity contribution in [1.29, 1.82) is 0 Å². The molecule has 2 aromatic rings. The summed E-state index contributed by atoms with van der Waals surface area (Å²) in [7, 11) is 0. The standard InChI is InChI=1S/C11H10BrNO4S/c1-2-17-11(16)8-7(5-15)13-3-6(4-14)18-10(13)9(8)12/h3,5,14H,2,4H2,1H3. The molecule has 0 aliphatic heterocycles. The number of carbonyl (C=O) groups excluding carboxylic acids is 2. The van der Waals surface area contributed by atoms with Gasteiger partial charge >= 0.3 is 5.97 Å². The van der Waals surface area contributed by atoms with Gasteiger partial charge in [0.1, 0.15) is 16.1 Å². The third-order valence-corrected chi connectivity index (χ3v) is 4.52. The van der Waals surface area contributed by atoms with E-state index in [-0.39, 0.29) is 24.5 Å². The zero-order valence-corrected chi connectivity index (χ0v) is 11.9. The molecule has 0 unspecified atom stereocenters. The number of rotatable bonds is 4. The van der Waals surface area contributed by atoms with Gasteiger partial charge in [-0.25, -0.2) is 4.79 Å². The second-order valence-corrected chi connectivity index (χ2v) is 5.35. The van der Waals surface area contributed by atoms with Crippen molar-refractivity contribution in [2.24, 2.45) is 0 Å². The van der Waals surface area contributed by atoms with Crippen LogP contribution in [0.3, 0.4) is 0 Å². The van der Waals surface area contributed by atoms with Gasteiger partial charge in [-0.15, -0.1) is 11.3 Å². The highest BCUT2D eigenvalue weighted by Gasteiger charge is 2.24. The summed E-state index contributed by atoms with van der Waals surface area (Å²) in [4.78, 5) is 24.4. The Morgan fingerprint density at radius 2 is 2.39 bits per heavy atom. The molecule has 0 aromatic carbocycles. The van der Waals surface area contributed by atoms with Crippen molar-refractivity contribution in [2.45, 2.75) is 13.5 Å². The minimum Gasteiger partial charge on any atom is -0.462 e. The van der Waals surface area contributed by atoms with Gasteiger partial charge in [0.15, 0.2) is 6.29 Å². The number of aliphatic hydroxyl groups excluding tert-OH is 1. The summed E-state index contributed by atoms with van der Waals surface area (Å²) in [5.74, 6) is -0.534. The Morgan fingerprint density at radius 1 is 1.67 bits per heavy atom. The van der Waals surface area contributed by atoms with Gasteiger partial charge in [-0.2, -0.15) is 0 Å². The molecule has 1 N–H and O–H groups in total. The van der Waals surface area contributed by atoms with Crippen LogP contribution in [0.5, 0.6) is 0 Å². The number of thiazole rings is 1. The monoisotopic (exact) mass is 331 g/mol. The fourth-order valence-electron chi connectivity index (χ4n) is 1.66. The molecule has 7 heteroatoms. The van der Waals surface area contributed by atoms with Crippen LogP contribution in [0, 0.1) is 0 Å². The molecule has 2 rings (SSSR count). The number of aliphatic hydroxyl groups is 1. The molecule has 96 valence electrons. The normalized spacial score (nSPS) is 10.8. The molecule has 2 heterocycles. The van der Waals surface area contributed by atoms with Crippen molar-refractivity contribution in [3.05, 3.63) is 26.8 Å². The largest absolute Gasteiger partial charge is 0.462 e. The van der Waals surface area contributed by atoms with Crippen LogP contribution >= 0.6 is 27.3 Å². The summed E-state index contributed by atoms with van der Waals surface area (Å²) < 4.78 is 7.02. The summed E-state index contributed by atoms with van der Waals surface area (Å²) >= 11 is 4.61. The van der Waals surface area contributed by atoms with Crippen LogP contribution < -0.4 is 0 Å². The zero-order chi connectivity index (χ0) is 13.3. The number of aldehydes is 1. The maximum atomic E-state index is 11.8. The minimum absolute atomic E-state index is 0.105. The van der Waals surface area contributed by atoms with E-state index in [9.17, 15) is 9.59 Å². The first kappa shape index (κ1) is 13.3. The molecule has 0 spiro atoms. The summed E-state index contributed by atoms with van der Waals surface area (Å²) in [5.41, 5.74) is 0.453. The maximum Gasteiger partial charge on any atom is 0.341 e. The van der Waals surface area contributed by atoms with E-state index in [1.54, 1.807) is 17.5 Å². The van der Waals surface area contributed by atoms with E-state index in [1.165, 1.54) is 11.3 Å². The van der Waals surface area contributed by atoms with E-state index in [2.05, 4.69) is 15.9 Å². The average Bonchev–Trinajstić information content (AvgIpc) is 2.88. The van der Waals surface area contributed by atoms with Crippen molar-refractivity contribution in [3.8, 4) is 0 Å². The number of aromatic nitrogens is 1. The van der Waals surface area contributed by atoms with Gasteiger partial charge in [0.05, 0.1) is 17.7 Å². The van der Waals surface area contributed by atoms with Crippen LogP contribution in [-0.4, -0.2) is 28.4 Å². The Morgan fingerprint density at radius 3 is 2.94 bits per heavy atom. The van der Waals surface area contributed by atoms with Crippen LogP contribution in [0.1, 0.15) is 32.6 Å². The number of ether oxygens (including phenoxy) is 1. The topological polar surface area (TPSA) is 68.0 Å². The summed E-state index contributed by atoms with van der Waals surface area (Å²) in [6, 6.07) is 0. The molecule has 5 nitrogen and oxygen atoms in total. The molecule has 0 radical (unpaired) electrons. The molecule has 2 aromatic heterocycles. The van der Waals surface area contributed by atoms with Crippen LogP contribution in [-0.2, 0) is 11.3 Å². The van der Waals surface area contributed by atoms with E-state index in [1.807, 2.05) is 0 Å². The van der Waals surface area contributed by atoms with E-state index in [0.29, 0.717) is 20.5 Å². The molecule has 18 heavy (non-hydrogen) atoms. The fraction of sp³-hybridized carbons (Fsp3) is 0.273. The van der Waals surface area contributed by atoms with E-state index in [0.717, 1.165) is 0 Å². The molecule has 0 aliphatic rings. The number of nitrogens with zero attached hydrogens (tertiary/aromatic N) is 1. The summed E-state index contributed by atoms with van der Waals surface area (Å²) in [5, 5.41) is 9.08. The molecule has 0 aliphatic carbocycles. The first-order valence-electron chi connectivity index (χ1n) is 5.19. The minimum atomic E-state index is -0.534. The van der Waals surface area contributed by atoms with Crippen molar-refractivity contribution >= 4 is 44.4 Å². The average molecular weight is 332 g/mol. The highest BCUT2D eigenvalue weighted by Crippen LogP contribution is 2.34. The molecular formula is C11H10BrNO4S. The first-order chi connectivity index (χ1) is 8.63. The summed E-state index contributed by atoms with van der Waals surface area (Å²) in [6.07, 6.45) is 2.25. The Kier molecular flexibility index (Phi) is 3.84. The predicted molar refractivity (Wildman–Crippen MR) is 70.2 cm³/mol. The van der Waals surface area contributed by atoms with Gasteiger partial charge in [-0.1, -0.05) is 0 Å². The van der Waals surface area contributed by atoms with Crippen LogP contribution in [0.25, 0.3) is 4.83 Å². The second-order valence-electron chi connectivity index (χ2n) is 3.44. The van der Waals surface area contributed by atoms with Crippen molar-refractivity contribution in [3.63, 3.8) is 0 Å². The molecule has 0 saturated carbocycles. The lowest BCUT2D eigenvalue weighted by atomic mass is 10.2. The van der Waals surface area contributed by atoms with Crippen molar-refractivity contribution in [2.75, 3.05) is 6.61 Å². The van der Waals surface area contributed by atoms with E-state index < -0.39 is 5.97 Å². The second kappa shape index (κ2) is 5.21. The van der Waals surface area contributed by atoms with Crippen LogP contribution in [0.15, 0.2) is 10.7 Å². The lowest BCUT2D eigenvalue weighted by Crippen LogP contribution is -2.07. The third kappa shape index (κ3) is 1.98. The Balaban J connectivity index is 2.66. The third-order valence-electron chi connectivity index (χ3n) is 2.39. The van der Waals surface area contributed by atoms with Gasteiger partial charge in [-0.3, -0.25) is 4.79 Å². The predicted octanol–water partition coefficient (Wildman–Crippen LogP) is 2.24. The highest BCUT2D eigenvalue weighted by molar-refractivity contribution is 9.10. The van der Waals surface area contributed by atoms with Gasteiger partial charge in [-0.05, 0) is 22.9 Å². The molecular weight excluding hydrogens is 322 g/mol. The van der Waals surface area contributed by atoms with Crippen molar-refractivity contribution in [1.82, 2.24) is 4.40 Å². The van der Waals surface area contributed by atoms with Gasteiger partial charge in [0, 0.05) is 11.1 Å². The number of hydrogen-bond donors (Lipinski definition) is 1. The number of carbonyl (C=O) groups is 2. The smallest absolute Gasteiger partial charge is 0.341 e. The zero-order valence-electron chi connectivity index (χ0n) is 9.47. The lowest BCUT2D eigenvalue weighted by Gasteiger charge is -2.01. The van der Waals surface area contributed by atoms with Crippen LogP contribution in [0.2, 0.25) is 0 Å². The van der Waals surface area contributed by atoms with Gasteiger partial charge < -0.3 is 14.2 Å². The molecule has 0 bridgehead atoms. The van der Waals surface area contributed by atoms with Crippen LogP contribution in [0.4, 0.5) is 0 Å². The Hall–Kier alpha value is -1.18. The first-order valence-corrected chi connectivity index (χ1v) is 6.80. The quantitative estimate of drug-likeness (QED) is 0.689. The van der Waals surface area contributed by atoms with Gasteiger partial charge in [0.25, 0.3) is 0 Å². The Bertz CT molecular complexity index is 616. The highest BCUT2D eigenvalue weighted by atomic mass is 79.9. The number of fused-ring (bicyclic) bond motifs is 1. The van der Waals surface area contributed by atoms with E-state index >= 15 is 0 Å². The number of hydrogen-bond acceptors (Lipinski definition) is 5.